The van der Waals surface area contributed by atoms with Crippen LogP contribution in [0, 0.1) is 0 Å². The molecule has 0 aliphatic carbocycles. The van der Waals surface area contributed by atoms with Gasteiger partial charge in [-0.1, -0.05) is 6.07 Å². The summed E-state index contributed by atoms with van der Waals surface area (Å²) >= 11 is 0. The lowest BCUT2D eigenvalue weighted by molar-refractivity contribution is -0.147. The number of carbonyl (C=O) groups excluding carboxylic acids is 2. The number of carbonyl (C=O) groups is 3. The molecular formula is C11H11NO5. The maximum Gasteiger partial charge on any atom is 0.394 e. The van der Waals surface area contributed by atoms with Gasteiger partial charge in [0.1, 0.15) is 5.75 Å². The molecule has 0 aromatic heterocycles. The van der Waals surface area contributed by atoms with E-state index in [1.165, 1.54) is 20.1 Å². The van der Waals surface area contributed by atoms with E-state index in [0.29, 0.717) is 0 Å². The van der Waals surface area contributed by atoms with E-state index in [2.05, 4.69) is 5.32 Å². The molecule has 17 heavy (non-hydrogen) atoms. The molecule has 90 valence electrons. The summed E-state index contributed by atoms with van der Waals surface area (Å²) in [5.74, 6) is -2.88. The van der Waals surface area contributed by atoms with Crippen LogP contribution >= 0.6 is 0 Å². The van der Waals surface area contributed by atoms with Gasteiger partial charge in [0.2, 0.25) is 0 Å². The highest BCUT2D eigenvalue weighted by atomic mass is 16.5. The lowest BCUT2D eigenvalue weighted by atomic mass is 10.1. The van der Waals surface area contributed by atoms with Crippen molar-refractivity contribution in [3.8, 4) is 5.75 Å². The molecule has 0 spiro atoms. The second-order valence-electron chi connectivity index (χ2n) is 3.20. The topological polar surface area (TPSA) is 92.7 Å². The molecule has 6 nitrogen and oxygen atoms in total. The maximum absolute atomic E-state index is 11.4. The van der Waals surface area contributed by atoms with Gasteiger partial charge < -0.3 is 15.2 Å². The number of rotatable bonds is 3. The standard InChI is InChI=1S/C11H11NO5/c1-6(13)9-7(12-10(14)11(15)16)4-3-5-8(9)17-2/h3-5H,1-2H3,(H,12,14)(H,15,16). The Balaban J connectivity index is 3.19. The first kappa shape index (κ1) is 12.7. The summed E-state index contributed by atoms with van der Waals surface area (Å²) in [5.41, 5.74) is 0.258. The summed E-state index contributed by atoms with van der Waals surface area (Å²) in [5, 5.41) is 10.6. The van der Waals surface area contributed by atoms with E-state index in [-0.39, 0.29) is 22.8 Å². The molecule has 0 atom stereocenters. The molecule has 1 aromatic rings. The number of nitrogens with one attached hydrogen (secondary N) is 1. The average Bonchev–Trinajstić information content (AvgIpc) is 2.27. The van der Waals surface area contributed by atoms with E-state index in [1.807, 2.05) is 0 Å². The fourth-order valence-corrected chi connectivity index (χ4v) is 1.34. The molecule has 0 unspecified atom stereocenters. The fraction of sp³-hybridized carbons (Fsp3) is 0.182. The van der Waals surface area contributed by atoms with Gasteiger partial charge in [0.15, 0.2) is 5.78 Å². The monoisotopic (exact) mass is 237 g/mol. The quantitative estimate of drug-likeness (QED) is 0.602. The zero-order valence-corrected chi connectivity index (χ0v) is 9.31. The van der Waals surface area contributed by atoms with Crippen LogP contribution in [0.25, 0.3) is 0 Å². The molecular weight excluding hydrogens is 226 g/mol. The molecule has 0 bridgehead atoms. The van der Waals surface area contributed by atoms with Crippen molar-refractivity contribution in [1.82, 2.24) is 0 Å². The second kappa shape index (κ2) is 5.11. The summed E-state index contributed by atoms with van der Waals surface area (Å²) in [6.45, 7) is 1.30. The van der Waals surface area contributed by atoms with Gasteiger partial charge >= 0.3 is 11.9 Å². The minimum atomic E-state index is -1.62. The molecule has 2 N–H and O–H groups in total. The van der Waals surface area contributed by atoms with Gasteiger partial charge in [0.05, 0.1) is 18.4 Å². The number of hydrogen-bond acceptors (Lipinski definition) is 4. The Kier molecular flexibility index (Phi) is 3.82. The summed E-state index contributed by atoms with van der Waals surface area (Å²) in [4.78, 5) is 32.9. The number of hydrogen-bond donors (Lipinski definition) is 2. The number of amides is 1. The second-order valence-corrected chi connectivity index (χ2v) is 3.20. The number of ketones is 1. The van der Waals surface area contributed by atoms with Crippen LogP contribution in [0.4, 0.5) is 5.69 Å². The average molecular weight is 237 g/mol. The smallest absolute Gasteiger partial charge is 0.394 e. The zero-order valence-electron chi connectivity index (χ0n) is 9.31. The van der Waals surface area contributed by atoms with Crippen LogP contribution in [0.3, 0.4) is 0 Å². The third-order valence-corrected chi connectivity index (χ3v) is 2.04. The lowest BCUT2D eigenvalue weighted by Crippen LogP contribution is -2.23. The van der Waals surface area contributed by atoms with Crippen molar-refractivity contribution in [2.75, 3.05) is 12.4 Å². The lowest BCUT2D eigenvalue weighted by Gasteiger charge is -2.11. The van der Waals surface area contributed by atoms with Crippen LogP contribution < -0.4 is 10.1 Å². The van der Waals surface area contributed by atoms with E-state index in [0.717, 1.165) is 0 Å². The highest BCUT2D eigenvalue weighted by molar-refractivity contribution is 6.37. The number of aliphatic carboxylic acids is 1. The zero-order chi connectivity index (χ0) is 13.0. The Morgan fingerprint density at radius 1 is 1.29 bits per heavy atom. The van der Waals surface area contributed by atoms with Crippen molar-refractivity contribution in [3.05, 3.63) is 23.8 Å². The summed E-state index contributed by atoms with van der Waals surface area (Å²) < 4.78 is 4.97. The minimum absolute atomic E-state index is 0.115. The van der Waals surface area contributed by atoms with Crippen molar-refractivity contribution in [1.29, 1.82) is 0 Å². The van der Waals surface area contributed by atoms with Crippen molar-refractivity contribution in [2.24, 2.45) is 0 Å². The molecule has 0 fully saturated rings. The maximum atomic E-state index is 11.4. The molecule has 6 heteroatoms. The molecule has 1 aromatic carbocycles. The summed E-state index contributed by atoms with van der Waals surface area (Å²) in [7, 11) is 1.38. The highest BCUT2D eigenvalue weighted by Gasteiger charge is 2.18. The third-order valence-electron chi connectivity index (χ3n) is 2.04. The van der Waals surface area contributed by atoms with Gasteiger partial charge in [0, 0.05) is 0 Å². The largest absolute Gasteiger partial charge is 0.496 e. The van der Waals surface area contributed by atoms with Crippen LogP contribution in [-0.4, -0.2) is 29.9 Å². The summed E-state index contributed by atoms with van der Waals surface area (Å²) in [6.07, 6.45) is 0. The van der Waals surface area contributed by atoms with E-state index in [9.17, 15) is 14.4 Å². The first-order valence-electron chi connectivity index (χ1n) is 4.69. The predicted molar refractivity (Wildman–Crippen MR) is 59.3 cm³/mol. The van der Waals surface area contributed by atoms with Crippen LogP contribution in [-0.2, 0) is 9.59 Å². The van der Waals surface area contributed by atoms with Gasteiger partial charge in [-0.25, -0.2) is 4.79 Å². The van der Waals surface area contributed by atoms with E-state index in [4.69, 9.17) is 9.84 Å². The molecule has 0 saturated carbocycles. The Hall–Kier alpha value is -2.37. The number of benzene rings is 1. The third kappa shape index (κ3) is 2.81. The number of methoxy groups -OCH3 is 1. The highest BCUT2D eigenvalue weighted by Crippen LogP contribution is 2.26. The summed E-state index contributed by atoms with van der Waals surface area (Å²) in [6, 6.07) is 4.52. The van der Waals surface area contributed by atoms with Crippen LogP contribution in [0.2, 0.25) is 0 Å². The molecule has 0 heterocycles. The van der Waals surface area contributed by atoms with Gasteiger partial charge in [-0.2, -0.15) is 0 Å². The normalized spacial score (nSPS) is 9.53. The van der Waals surface area contributed by atoms with Gasteiger partial charge in [-0.3, -0.25) is 9.59 Å². The molecule has 0 radical (unpaired) electrons. The minimum Gasteiger partial charge on any atom is -0.496 e. The number of carboxylic acids is 1. The van der Waals surface area contributed by atoms with Crippen molar-refractivity contribution < 1.29 is 24.2 Å². The van der Waals surface area contributed by atoms with Crippen molar-refractivity contribution >= 4 is 23.3 Å². The van der Waals surface area contributed by atoms with Crippen molar-refractivity contribution in [2.45, 2.75) is 6.92 Å². The van der Waals surface area contributed by atoms with Gasteiger partial charge in [-0.15, -0.1) is 0 Å². The van der Waals surface area contributed by atoms with E-state index in [1.54, 1.807) is 12.1 Å². The Labute approximate surface area is 97.2 Å². The van der Waals surface area contributed by atoms with Gasteiger partial charge in [0.25, 0.3) is 0 Å². The number of anilines is 1. The molecule has 1 rings (SSSR count). The van der Waals surface area contributed by atoms with Crippen LogP contribution in [0.5, 0.6) is 5.75 Å². The number of carboxylic acid groups (broad SMARTS) is 1. The molecule has 0 saturated heterocycles. The van der Waals surface area contributed by atoms with Gasteiger partial charge in [-0.05, 0) is 19.1 Å². The first-order chi connectivity index (χ1) is 7.97. The SMILES string of the molecule is COc1cccc(NC(=O)C(=O)O)c1C(C)=O. The number of ether oxygens (including phenoxy) is 1. The molecule has 1 amide bonds. The Morgan fingerprint density at radius 2 is 1.94 bits per heavy atom. The Bertz CT molecular complexity index is 481. The van der Waals surface area contributed by atoms with E-state index >= 15 is 0 Å². The molecule has 0 aliphatic heterocycles. The molecule has 0 aliphatic rings. The van der Waals surface area contributed by atoms with Crippen molar-refractivity contribution in [3.63, 3.8) is 0 Å². The van der Waals surface area contributed by atoms with Crippen LogP contribution in [0.1, 0.15) is 17.3 Å². The number of Topliss-reactive ketones (excluding diaryl/α,β-unsaturated/α-hetero) is 1. The fourth-order valence-electron chi connectivity index (χ4n) is 1.34. The Morgan fingerprint density at radius 3 is 2.41 bits per heavy atom. The first-order valence-corrected chi connectivity index (χ1v) is 4.69. The van der Waals surface area contributed by atoms with E-state index < -0.39 is 11.9 Å². The predicted octanol–water partition coefficient (Wildman–Crippen LogP) is 0.921. The van der Waals surface area contributed by atoms with Crippen LogP contribution in [0.15, 0.2) is 18.2 Å².